The van der Waals surface area contributed by atoms with Crippen LogP contribution >= 0.6 is 0 Å². The van der Waals surface area contributed by atoms with E-state index in [1.165, 1.54) is 0 Å². The second-order valence-electron chi connectivity index (χ2n) is 12.7. The molecule has 1 aliphatic heterocycles. The van der Waals surface area contributed by atoms with Gasteiger partial charge >= 0.3 is 5.97 Å². The SMILES string of the molecule is CC(C)(C)c1cc(CCC(=O)OC2CC(C)(C)N(C=O)C(C)(C)C2)cc(C(C)(C)C)c1O. The molecule has 2 rings (SSSR count). The molecule has 5 heteroatoms. The number of nitrogens with zero attached hydrogens (tertiary/aromatic N) is 1. The number of piperidine rings is 1. The number of ether oxygens (including phenoxy) is 1. The van der Waals surface area contributed by atoms with Crippen molar-refractivity contribution in [1.82, 2.24) is 4.90 Å². The minimum absolute atomic E-state index is 0.204. The van der Waals surface area contributed by atoms with Crippen LogP contribution in [-0.2, 0) is 31.6 Å². The Morgan fingerprint density at radius 2 is 1.47 bits per heavy atom. The van der Waals surface area contributed by atoms with Gasteiger partial charge in [-0.05, 0) is 61.6 Å². The summed E-state index contributed by atoms with van der Waals surface area (Å²) in [6.07, 6.45) is 2.80. The van der Waals surface area contributed by atoms with Gasteiger partial charge < -0.3 is 14.7 Å². The zero-order valence-corrected chi connectivity index (χ0v) is 21.8. The first-order chi connectivity index (χ1) is 14.4. The van der Waals surface area contributed by atoms with Crippen LogP contribution in [0.5, 0.6) is 5.75 Å². The molecule has 0 radical (unpaired) electrons. The lowest BCUT2D eigenvalue weighted by Gasteiger charge is -2.53. The molecule has 0 unspecified atom stereocenters. The van der Waals surface area contributed by atoms with Gasteiger partial charge in [-0.3, -0.25) is 9.59 Å². The summed E-state index contributed by atoms with van der Waals surface area (Å²) in [6, 6.07) is 4.04. The second-order valence-corrected chi connectivity index (χ2v) is 12.7. The fraction of sp³-hybridized carbons (Fsp3) is 0.704. The summed E-state index contributed by atoms with van der Waals surface area (Å²) in [7, 11) is 0. The number of amides is 1. The maximum atomic E-state index is 12.7. The van der Waals surface area contributed by atoms with Crippen molar-refractivity contribution in [3.8, 4) is 5.75 Å². The maximum Gasteiger partial charge on any atom is 0.306 e. The standard InChI is InChI=1S/C27H43NO4/c1-24(2,3)20-13-18(14-21(23(20)31)25(4,5)6)11-12-22(30)32-19-15-26(7,8)28(17-29)27(9,10)16-19/h13-14,17,19,31H,11-12,15-16H2,1-10H3. The number of aromatic hydroxyl groups is 1. The van der Waals surface area contributed by atoms with E-state index in [-0.39, 0.29) is 40.4 Å². The number of phenolic OH excluding ortho intramolecular Hbond substituents is 1. The van der Waals surface area contributed by atoms with E-state index in [2.05, 4.69) is 41.5 Å². The van der Waals surface area contributed by atoms with Crippen LogP contribution in [0.3, 0.4) is 0 Å². The Bertz CT molecular complexity index is 802. The molecule has 1 fully saturated rings. The van der Waals surface area contributed by atoms with Crippen LogP contribution in [0.1, 0.15) is 105 Å². The number of carbonyl (C=O) groups excluding carboxylic acids is 2. The van der Waals surface area contributed by atoms with Crippen molar-refractivity contribution in [3.63, 3.8) is 0 Å². The Hall–Kier alpha value is -2.04. The summed E-state index contributed by atoms with van der Waals surface area (Å²) in [4.78, 5) is 26.2. The van der Waals surface area contributed by atoms with Gasteiger partial charge in [0.1, 0.15) is 11.9 Å². The average Bonchev–Trinajstić information content (AvgIpc) is 2.56. The highest BCUT2D eigenvalue weighted by atomic mass is 16.5. The average molecular weight is 446 g/mol. The van der Waals surface area contributed by atoms with Crippen molar-refractivity contribution in [3.05, 3.63) is 28.8 Å². The zero-order valence-electron chi connectivity index (χ0n) is 21.8. The van der Waals surface area contributed by atoms with E-state index in [0.29, 0.717) is 25.0 Å². The molecule has 0 spiro atoms. The van der Waals surface area contributed by atoms with E-state index >= 15 is 0 Å². The Kier molecular flexibility index (Phi) is 7.14. The lowest BCUT2D eigenvalue weighted by atomic mass is 9.78. The van der Waals surface area contributed by atoms with Crippen LogP contribution in [0, 0.1) is 0 Å². The van der Waals surface area contributed by atoms with Gasteiger partial charge in [-0.25, -0.2) is 0 Å². The van der Waals surface area contributed by atoms with Crippen molar-refractivity contribution >= 4 is 12.4 Å². The lowest BCUT2D eigenvalue weighted by Crippen LogP contribution is -2.61. The number of esters is 1. The van der Waals surface area contributed by atoms with Crippen molar-refractivity contribution in [2.45, 2.75) is 123 Å². The molecule has 0 aliphatic carbocycles. The van der Waals surface area contributed by atoms with Crippen LogP contribution in [-0.4, -0.2) is 39.6 Å². The topological polar surface area (TPSA) is 66.8 Å². The Morgan fingerprint density at radius 3 is 1.84 bits per heavy atom. The van der Waals surface area contributed by atoms with Gasteiger partial charge in [0.05, 0.1) is 0 Å². The first-order valence-electron chi connectivity index (χ1n) is 11.7. The van der Waals surface area contributed by atoms with Gasteiger partial charge in [-0.1, -0.05) is 53.7 Å². The van der Waals surface area contributed by atoms with E-state index < -0.39 is 0 Å². The largest absolute Gasteiger partial charge is 0.507 e. The minimum atomic E-state index is -0.366. The monoisotopic (exact) mass is 445 g/mol. The number of hydrogen-bond donors (Lipinski definition) is 1. The molecule has 1 aromatic rings. The summed E-state index contributed by atoms with van der Waals surface area (Å²) < 4.78 is 5.86. The van der Waals surface area contributed by atoms with E-state index in [4.69, 9.17) is 4.74 Å². The van der Waals surface area contributed by atoms with Crippen LogP contribution < -0.4 is 0 Å². The highest BCUT2D eigenvalue weighted by molar-refractivity contribution is 5.70. The van der Waals surface area contributed by atoms with Gasteiger partial charge in [0.25, 0.3) is 0 Å². The molecule has 1 saturated heterocycles. The first-order valence-corrected chi connectivity index (χ1v) is 11.7. The summed E-state index contributed by atoms with van der Waals surface area (Å²) >= 11 is 0. The third kappa shape index (κ3) is 5.85. The van der Waals surface area contributed by atoms with Gasteiger partial charge in [0.15, 0.2) is 0 Å². The van der Waals surface area contributed by atoms with Gasteiger partial charge in [0, 0.05) is 30.3 Å². The predicted octanol–water partition coefficient (Wildman–Crippen LogP) is 5.64. The third-order valence-electron chi connectivity index (χ3n) is 6.57. The van der Waals surface area contributed by atoms with Crippen molar-refractivity contribution in [1.29, 1.82) is 0 Å². The van der Waals surface area contributed by atoms with E-state index in [1.54, 1.807) is 0 Å². The molecule has 1 N–H and O–H groups in total. The van der Waals surface area contributed by atoms with E-state index in [1.807, 2.05) is 44.7 Å². The molecule has 1 amide bonds. The Labute approximate surface area is 194 Å². The quantitative estimate of drug-likeness (QED) is 0.470. The third-order valence-corrected chi connectivity index (χ3v) is 6.57. The number of aryl methyl sites for hydroxylation is 1. The molecule has 0 atom stereocenters. The number of carbonyl (C=O) groups is 2. The van der Waals surface area contributed by atoms with Crippen molar-refractivity contribution in [2.24, 2.45) is 0 Å². The summed E-state index contributed by atoms with van der Waals surface area (Å²) in [5.74, 6) is 0.131. The molecule has 1 aromatic carbocycles. The fourth-order valence-electron chi connectivity index (χ4n) is 5.04. The molecule has 0 aromatic heterocycles. The number of likely N-dealkylation sites (tertiary alicyclic amines) is 1. The van der Waals surface area contributed by atoms with Crippen molar-refractivity contribution < 1.29 is 19.4 Å². The summed E-state index contributed by atoms with van der Waals surface area (Å²) in [6.45, 7) is 20.6. The highest BCUT2D eigenvalue weighted by Crippen LogP contribution is 2.41. The smallest absolute Gasteiger partial charge is 0.306 e. The van der Waals surface area contributed by atoms with Crippen LogP contribution in [0.4, 0.5) is 0 Å². The Balaban J connectivity index is 2.16. The van der Waals surface area contributed by atoms with Crippen LogP contribution in [0.25, 0.3) is 0 Å². The van der Waals surface area contributed by atoms with Gasteiger partial charge in [-0.15, -0.1) is 0 Å². The number of hydrogen-bond acceptors (Lipinski definition) is 4. The lowest BCUT2D eigenvalue weighted by molar-refractivity contribution is -0.162. The molecule has 0 saturated carbocycles. The van der Waals surface area contributed by atoms with Crippen LogP contribution in [0.2, 0.25) is 0 Å². The Morgan fingerprint density at radius 1 is 1.03 bits per heavy atom. The molecule has 1 heterocycles. The first kappa shape index (κ1) is 26.2. The van der Waals surface area contributed by atoms with E-state index in [9.17, 15) is 14.7 Å². The predicted molar refractivity (Wildman–Crippen MR) is 129 cm³/mol. The molecule has 0 bridgehead atoms. The zero-order chi connectivity index (χ0) is 24.7. The molecular formula is C27H43NO4. The van der Waals surface area contributed by atoms with Crippen molar-refractivity contribution in [2.75, 3.05) is 0 Å². The highest BCUT2D eigenvalue weighted by Gasteiger charge is 2.45. The number of phenols is 1. The molecule has 1 aliphatic rings. The summed E-state index contributed by atoms with van der Waals surface area (Å²) in [5, 5.41) is 10.9. The molecular weight excluding hydrogens is 402 g/mol. The minimum Gasteiger partial charge on any atom is -0.507 e. The number of rotatable bonds is 5. The van der Waals surface area contributed by atoms with Gasteiger partial charge in [0.2, 0.25) is 6.41 Å². The normalized spacial score (nSPS) is 19.0. The number of benzene rings is 1. The second kappa shape index (κ2) is 8.72. The fourth-order valence-corrected chi connectivity index (χ4v) is 5.04. The molecule has 180 valence electrons. The van der Waals surface area contributed by atoms with Gasteiger partial charge in [-0.2, -0.15) is 0 Å². The van der Waals surface area contributed by atoms with Crippen LogP contribution in [0.15, 0.2) is 12.1 Å². The maximum absolute atomic E-state index is 12.7. The van der Waals surface area contributed by atoms with E-state index in [0.717, 1.165) is 23.1 Å². The molecule has 32 heavy (non-hydrogen) atoms. The molecule has 5 nitrogen and oxygen atoms in total. The summed E-state index contributed by atoms with van der Waals surface area (Å²) in [5.41, 5.74) is 1.69.